The van der Waals surface area contributed by atoms with Crippen LogP contribution in [0.25, 0.3) is 0 Å². The molecule has 0 spiro atoms. The van der Waals surface area contributed by atoms with Crippen molar-refractivity contribution in [1.82, 2.24) is 9.97 Å². The lowest BCUT2D eigenvalue weighted by Gasteiger charge is -2.30. The smallest absolute Gasteiger partial charge is 0.227 e. The fourth-order valence-corrected chi connectivity index (χ4v) is 3.41. The molecule has 0 atom stereocenters. The van der Waals surface area contributed by atoms with E-state index in [9.17, 15) is 0 Å². The van der Waals surface area contributed by atoms with Gasteiger partial charge in [0.25, 0.3) is 0 Å². The van der Waals surface area contributed by atoms with Crippen molar-refractivity contribution in [3.63, 3.8) is 0 Å². The predicted molar refractivity (Wildman–Crippen MR) is 112 cm³/mol. The number of nitrogens with one attached hydrogen (secondary N) is 1. The number of morpholine rings is 1. The van der Waals surface area contributed by atoms with Gasteiger partial charge >= 0.3 is 0 Å². The second-order valence-electron chi connectivity index (χ2n) is 6.92. The lowest BCUT2D eigenvalue weighted by atomic mass is 10.2. The van der Waals surface area contributed by atoms with Gasteiger partial charge in [-0.1, -0.05) is 26.0 Å². The molecule has 1 aliphatic rings. The molecule has 0 radical (unpaired) electrons. The summed E-state index contributed by atoms with van der Waals surface area (Å²) in [5, 5.41) is 3.53. The van der Waals surface area contributed by atoms with E-state index in [4.69, 9.17) is 9.72 Å². The minimum absolute atomic E-state index is 0.772. The Kier molecular flexibility index (Phi) is 6.87. The van der Waals surface area contributed by atoms with E-state index in [1.54, 1.807) is 0 Å². The van der Waals surface area contributed by atoms with Gasteiger partial charge in [0.15, 0.2) is 0 Å². The van der Waals surface area contributed by atoms with Gasteiger partial charge in [-0.05, 0) is 31.9 Å². The summed E-state index contributed by atoms with van der Waals surface area (Å²) >= 11 is 0. The molecular weight excluding hydrogens is 338 g/mol. The van der Waals surface area contributed by atoms with Gasteiger partial charge in [-0.2, -0.15) is 4.98 Å². The van der Waals surface area contributed by atoms with E-state index in [1.807, 2.05) is 13.0 Å². The quantitative estimate of drug-likeness (QED) is 0.759. The molecule has 1 aromatic carbocycles. The van der Waals surface area contributed by atoms with Crippen LogP contribution >= 0.6 is 0 Å². The molecule has 3 rings (SSSR count). The molecule has 1 fully saturated rings. The average Bonchev–Trinajstić information content (AvgIpc) is 2.68. The lowest BCUT2D eigenvalue weighted by Crippen LogP contribution is -2.36. The summed E-state index contributed by atoms with van der Waals surface area (Å²) in [6.45, 7) is 11.7. The molecule has 146 valence electrons. The molecular formula is C21H31N5O. The summed E-state index contributed by atoms with van der Waals surface area (Å²) in [4.78, 5) is 14.1. The van der Waals surface area contributed by atoms with Crippen molar-refractivity contribution in [1.29, 1.82) is 0 Å². The highest BCUT2D eigenvalue weighted by molar-refractivity contribution is 5.74. The fourth-order valence-electron chi connectivity index (χ4n) is 3.41. The van der Waals surface area contributed by atoms with E-state index in [1.165, 1.54) is 5.69 Å². The number of ether oxygens (including phenoxy) is 1. The Morgan fingerprint density at radius 2 is 1.78 bits per heavy atom. The van der Waals surface area contributed by atoms with E-state index in [-0.39, 0.29) is 0 Å². The molecule has 0 aliphatic carbocycles. The maximum atomic E-state index is 5.49. The Balaban J connectivity index is 1.85. The fraction of sp³-hybridized carbons (Fsp3) is 0.524. The van der Waals surface area contributed by atoms with Crippen LogP contribution in [0.5, 0.6) is 0 Å². The summed E-state index contributed by atoms with van der Waals surface area (Å²) in [6, 6.07) is 10.4. The lowest BCUT2D eigenvalue weighted by molar-refractivity contribution is 0.123. The third-order valence-electron chi connectivity index (χ3n) is 4.63. The maximum Gasteiger partial charge on any atom is 0.227 e. The van der Waals surface area contributed by atoms with Crippen LogP contribution in [0.15, 0.2) is 30.3 Å². The van der Waals surface area contributed by atoms with E-state index in [2.05, 4.69) is 58.2 Å². The number of benzene rings is 1. The molecule has 1 aliphatic heterocycles. The van der Waals surface area contributed by atoms with Crippen molar-refractivity contribution in [2.75, 3.05) is 54.5 Å². The van der Waals surface area contributed by atoms with Gasteiger partial charge in [0.2, 0.25) is 5.95 Å². The monoisotopic (exact) mass is 369 g/mol. The highest BCUT2D eigenvalue weighted by Gasteiger charge is 2.16. The largest absolute Gasteiger partial charge is 0.378 e. The first-order valence-corrected chi connectivity index (χ1v) is 10.0. The molecule has 0 saturated carbocycles. The van der Waals surface area contributed by atoms with Crippen molar-refractivity contribution in [3.8, 4) is 0 Å². The average molecular weight is 370 g/mol. The number of nitrogens with zero attached hydrogens (tertiary/aromatic N) is 4. The Labute approximate surface area is 162 Å². The first-order valence-electron chi connectivity index (χ1n) is 10.0. The van der Waals surface area contributed by atoms with Crippen molar-refractivity contribution < 1.29 is 4.74 Å². The standard InChI is InChI=1S/C21H31N5O/c1-4-10-26(11-5-2)21-22-17(3)16-20(24-21)23-18-8-6-7-9-19(18)25-12-14-27-15-13-25/h6-9,16H,4-5,10-15H2,1-3H3,(H,22,23,24). The Morgan fingerprint density at radius 3 is 2.48 bits per heavy atom. The Bertz CT molecular complexity index is 724. The molecule has 2 aromatic rings. The van der Waals surface area contributed by atoms with Crippen LogP contribution in [0.3, 0.4) is 0 Å². The molecule has 6 nitrogen and oxygen atoms in total. The van der Waals surface area contributed by atoms with E-state index < -0.39 is 0 Å². The zero-order chi connectivity index (χ0) is 19.1. The van der Waals surface area contributed by atoms with Crippen LogP contribution in [0.4, 0.5) is 23.1 Å². The summed E-state index contributed by atoms with van der Waals surface area (Å²) in [5.74, 6) is 1.65. The number of hydrogen-bond donors (Lipinski definition) is 1. The van der Waals surface area contributed by atoms with Crippen LogP contribution in [0.2, 0.25) is 0 Å². The van der Waals surface area contributed by atoms with Gasteiger partial charge in [-0.25, -0.2) is 4.98 Å². The highest BCUT2D eigenvalue weighted by atomic mass is 16.5. The number of rotatable bonds is 8. The zero-order valence-electron chi connectivity index (χ0n) is 16.7. The minimum Gasteiger partial charge on any atom is -0.378 e. The van der Waals surface area contributed by atoms with Crippen molar-refractivity contribution in [3.05, 3.63) is 36.0 Å². The second-order valence-corrected chi connectivity index (χ2v) is 6.92. The number of para-hydroxylation sites is 2. The molecule has 0 unspecified atom stereocenters. The van der Waals surface area contributed by atoms with Crippen LogP contribution in [-0.2, 0) is 4.74 Å². The summed E-state index contributed by atoms with van der Waals surface area (Å²) in [7, 11) is 0. The van der Waals surface area contributed by atoms with Crippen LogP contribution in [0.1, 0.15) is 32.4 Å². The molecule has 0 amide bonds. The third kappa shape index (κ3) is 5.10. The molecule has 1 aromatic heterocycles. The predicted octanol–water partition coefficient (Wildman–Crippen LogP) is 3.99. The van der Waals surface area contributed by atoms with Crippen LogP contribution in [-0.4, -0.2) is 49.4 Å². The van der Waals surface area contributed by atoms with Gasteiger partial charge in [-0.3, -0.25) is 0 Å². The van der Waals surface area contributed by atoms with E-state index in [0.29, 0.717) is 0 Å². The number of hydrogen-bond acceptors (Lipinski definition) is 6. The van der Waals surface area contributed by atoms with E-state index in [0.717, 1.165) is 75.4 Å². The normalized spacial score (nSPS) is 14.3. The number of aryl methyl sites for hydroxylation is 1. The van der Waals surface area contributed by atoms with Gasteiger partial charge in [0.05, 0.1) is 24.6 Å². The molecule has 1 N–H and O–H groups in total. The van der Waals surface area contributed by atoms with E-state index >= 15 is 0 Å². The Hall–Kier alpha value is -2.34. The van der Waals surface area contributed by atoms with Crippen LogP contribution in [0, 0.1) is 6.92 Å². The third-order valence-corrected chi connectivity index (χ3v) is 4.63. The maximum absolute atomic E-state index is 5.49. The summed E-state index contributed by atoms with van der Waals surface area (Å²) < 4.78 is 5.49. The highest BCUT2D eigenvalue weighted by Crippen LogP contribution is 2.29. The van der Waals surface area contributed by atoms with Crippen molar-refractivity contribution in [2.45, 2.75) is 33.6 Å². The van der Waals surface area contributed by atoms with Gasteiger partial charge in [-0.15, -0.1) is 0 Å². The van der Waals surface area contributed by atoms with Gasteiger partial charge in [0.1, 0.15) is 5.82 Å². The summed E-state index contributed by atoms with van der Waals surface area (Å²) in [6.07, 6.45) is 2.17. The molecule has 0 bridgehead atoms. The second kappa shape index (κ2) is 9.55. The van der Waals surface area contributed by atoms with Gasteiger partial charge < -0.3 is 19.9 Å². The number of anilines is 4. The molecule has 6 heteroatoms. The van der Waals surface area contributed by atoms with Crippen molar-refractivity contribution >= 4 is 23.1 Å². The topological polar surface area (TPSA) is 53.5 Å². The summed E-state index contributed by atoms with van der Waals surface area (Å²) in [5.41, 5.74) is 3.24. The Morgan fingerprint density at radius 1 is 1.07 bits per heavy atom. The number of aromatic nitrogens is 2. The van der Waals surface area contributed by atoms with Crippen LogP contribution < -0.4 is 15.1 Å². The van der Waals surface area contributed by atoms with Crippen molar-refractivity contribution in [2.24, 2.45) is 0 Å². The van der Waals surface area contributed by atoms with Gasteiger partial charge in [0, 0.05) is 37.9 Å². The molecule has 27 heavy (non-hydrogen) atoms. The minimum atomic E-state index is 0.772. The molecule has 2 heterocycles. The SMILES string of the molecule is CCCN(CCC)c1nc(C)cc(Nc2ccccc2N2CCOCC2)n1. The molecule has 1 saturated heterocycles. The first-order chi connectivity index (χ1) is 13.2. The first kappa shape index (κ1) is 19.4. The zero-order valence-corrected chi connectivity index (χ0v) is 16.7.